The van der Waals surface area contributed by atoms with Crippen molar-refractivity contribution >= 4 is 47.2 Å². The van der Waals surface area contributed by atoms with Gasteiger partial charge in [-0.05, 0) is 52.8 Å². The predicted molar refractivity (Wildman–Crippen MR) is 128 cm³/mol. The number of halogens is 1. The highest BCUT2D eigenvalue weighted by Crippen LogP contribution is 2.19. The maximum absolute atomic E-state index is 12.6. The van der Waals surface area contributed by atoms with Crippen molar-refractivity contribution in [1.82, 2.24) is 15.5 Å². The number of thiophene rings is 1. The average Bonchev–Trinajstić information content (AvgIpc) is 3.24. The molecule has 0 saturated carbocycles. The zero-order chi connectivity index (χ0) is 19.1. The lowest BCUT2D eigenvalue weighted by Gasteiger charge is -2.28. The van der Waals surface area contributed by atoms with Gasteiger partial charge in [-0.15, -0.1) is 24.0 Å². The van der Waals surface area contributed by atoms with E-state index in [0.717, 1.165) is 26.1 Å². The largest absolute Gasteiger partial charge is 0.357 e. The van der Waals surface area contributed by atoms with E-state index in [-0.39, 0.29) is 36.4 Å². The molecule has 0 spiro atoms. The molecule has 1 aromatic heterocycles. The third-order valence-electron chi connectivity index (χ3n) is 4.89. The van der Waals surface area contributed by atoms with Crippen LogP contribution in [0.5, 0.6) is 0 Å². The molecule has 0 radical (unpaired) electrons. The van der Waals surface area contributed by atoms with E-state index < -0.39 is 0 Å². The molecule has 1 unspecified atom stereocenters. The van der Waals surface area contributed by atoms with Gasteiger partial charge in [-0.2, -0.15) is 11.3 Å². The monoisotopic (exact) mass is 512 g/mol. The van der Waals surface area contributed by atoms with Crippen molar-refractivity contribution in [3.05, 3.63) is 57.8 Å². The van der Waals surface area contributed by atoms with Gasteiger partial charge >= 0.3 is 0 Å². The van der Waals surface area contributed by atoms with Crippen LogP contribution in [-0.4, -0.2) is 42.9 Å². The number of nitrogens with zero attached hydrogens (tertiary/aromatic N) is 2. The van der Waals surface area contributed by atoms with E-state index in [9.17, 15) is 4.79 Å². The van der Waals surface area contributed by atoms with Gasteiger partial charge in [-0.3, -0.25) is 4.79 Å². The number of benzene rings is 1. The zero-order valence-corrected chi connectivity index (χ0v) is 19.6. The number of nitrogens with one attached hydrogen (secondary N) is 2. The lowest BCUT2D eigenvalue weighted by atomic mass is 10.00. The molecule has 0 aliphatic carbocycles. The summed E-state index contributed by atoms with van der Waals surface area (Å²) in [6, 6.07) is 10.5. The SMILES string of the molecule is CCNC(=NCC(=O)N1CCc2ccccc2C1)NCC(C)c1ccsc1.I. The van der Waals surface area contributed by atoms with Gasteiger partial charge in [0, 0.05) is 26.2 Å². The molecule has 1 amide bonds. The van der Waals surface area contributed by atoms with Gasteiger partial charge in [0.2, 0.25) is 5.91 Å². The van der Waals surface area contributed by atoms with E-state index in [0.29, 0.717) is 18.4 Å². The molecule has 0 saturated heterocycles. The van der Waals surface area contributed by atoms with Crippen LogP contribution in [-0.2, 0) is 17.8 Å². The third kappa shape index (κ3) is 6.20. The van der Waals surface area contributed by atoms with Crippen molar-refractivity contribution < 1.29 is 4.79 Å². The molecule has 28 heavy (non-hydrogen) atoms. The summed E-state index contributed by atoms with van der Waals surface area (Å²) in [7, 11) is 0. The Bertz CT molecular complexity index is 778. The number of hydrogen-bond acceptors (Lipinski definition) is 3. The number of aliphatic imine (C=N–C) groups is 1. The van der Waals surface area contributed by atoms with E-state index in [4.69, 9.17) is 0 Å². The molecule has 7 heteroatoms. The fourth-order valence-electron chi connectivity index (χ4n) is 3.22. The molecular weight excluding hydrogens is 483 g/mol. The van der Waals surface area contributed by atoms with Gasteiger partial charge in [0.1, 0.15) is 6.54 Å². The summed E-state index contributed by atoms with van der Waals surface area (Å²) in [4.78, 5) is 19.0. The molecule has 1 aliphatic rings. The van der Waals surface area contributed by atoms with Crippen molar-refractivity contribution in [2.24, 2.45) is 4.99 Å². The van der Waals surface area contributed by atoms with E-state index in [1.165, 1.54) is 16.7 Å². The molecular formula is C21H29IN4OS. The van der Waals surface area contributed by atoms with Crippen LogP contribution < -0.4 is 10.6 Å². The Labute approximate surface area is 188 Å². The summed E-state index contributed by atoms with van der Waals surface area (Å²) in [5.74, 6) is 1.17. The number of amides is 1. The minimum absolute atomic E-state index is 0. The first-order valence-corrected chi connectivity index (χ1v) is 10.5. The lowest BCUT2D eigenvalue weighted by molar-refractivity contribution is -0.130. The van der Waals surface area contributed by atoms with Crippen LogP contribution in [0.3, 0.4) is 0 Å². The summed E-state index contributed by atoms with van der Waals surface area (Å²) in [5.41, 5.74) is 3.92. The highest BCUT2D eigenvalue weighted by molar-refractivity contribution is 14.0. The number of carbonyl (C=O) groups excluding carboxylic acids is 1. The summed E-state index contributed by atoms with van der Waals surface area (Å²) in [6.07, 6.45) is 0.919. The lowest BCUT2D eigenvalue weighted by Crippen LogP contribution is -2.41. The second-order valence-electron chi connectivity index (χ2n) is 6.87. The van der Waals surface area contributed by atoms with Crippen LogP contribution in [0.1, 0.15) is 36.5 Å². The molecule has 2 N–H and O–H groups in total. The Morgan fingerprint density at radius 1 is 1.25 bits per heavy atom. The van der Waals surface area contributed by atoms with Crippen LogP contribution in [0.25, 0.3) is 0 Å². The van der Waals surface area contributed by atoms with Gasteiger partial charge in [0.25, 0.3) is 0 Å². The third-order valence-corrected chi connectivity index (χ3v) is 5.59. The topological polar surface area (TPSA) is 56.7 Å². The second-order valence-corrected chi connectivity index (χ2v) is 7.65. The fraction of sp³-hybridized carbons (Fsp3) is 0.429. The Balaban J connectivity index is 0.00000280. The van der Waals surface area contributed by atoms with E-state index in [1.807, 2.05) is 17.9 Å². The molecule has 0 bridgehead atoms. The Hall–Kier alpha value is -1.61. The highest BCUT2D eigenvalue weighted by Gasteiger charge is 2.20. The minimum atomic E-state index is 0. The van der Waals surface area contributed by atoms with Crippen molar-refractivity contribution in [3.63, 3.8) is 0 Å². The van der Waals surface area contributed by atoms with Crippen molar-refractivity contribution in [3.8, 4) is 0 Å². The Kier molecular flexibility index (Phi) is 9.24. The molecule has 3 rings (SSSR count). The first-order chi connectivity index (χ1) is 13.2. The van der Waals surface area contributed by atoms with Crippen LogP contribution in [0, 0.1) is 0 Å². The van der Waals surface area contributed by atoms with Crippen LogP contribution in [0.15, 0.2) is 46.1 Å². The molecule has 2 heterocycles. The number of fused-ring (bicyclic) bond motifs is 1. The smallest absolute Gasteiger partial charge is 0.244 e. The standard InChI is InChI=1S/C21H28N4OS.HI/c1-3-22-21(23-12-16(2)19-9-11-27-15-19)24-13-20(26)25-10-8-17-6-4-5-7-18(17)14-25;/h4-7,9,11,15-16H,3,8,10,12-14H2,1-2H3,(H2,22,23,24);1H. The summed E-state index contributed by atoms with van der Waals surface area (Å²) < 4.78 is 0. The van der Waals surface area contributed by atoms with Gasteiger partial charge < -0.3 is 15.5 Å². The highest BCUT2D eigenvalue weighted by atomic mass is 127. The fourth-order valence-corrected chi connectivity index (χ4v) is 4.00. The van der Waals surface area contributed by atoms with Gasteiger partial charge in [0.15, 0.2) is 5.96 Å². The van der Waals surface area contributed by atoms with Crippen LogP contribution in [0.2, 0.25) is 0 Å². The average molecular weight is 512 g/mol. The maximum Gasteiger partial charge on any atom is 0.244 e. The second kappa shape index (κ2) is 11.4. The number of guanidine groups is 1. The summed E-state index contributed by atoms with van der Waals surface area (Å²) in [6.45, 7) is 7.40. The molecule has 2 aromatic rings. The first-order valence-electron chi connectivity index (χ1n) is 9.56. The Morgan fingerprint density at radius 3 is 2.75 bits per heavy atom. The predicted octanol–water partition coefficient (Wildman–Crippen LogP) is 3.61. The van der Waals surface area contributed by atoms with Gasteiger partial charge in [-0.25, -0.2) is 4.99 Å². The van der Waals surface area contributed by atoms with E-state index in [1.54, 1.807) is 11.3 Å². The minimum Gasteiger partial charge on any atom is -0.357 e. The van der Waals surface area contributed by atoms with Gasteiger partial charge in [-0.1, -0.05) is 31.2 Å². The van der Waals surface area contributed by atoms with Crippen LogP contribution >= 0.6 is 35.3 Å². The zero-order valence-electron chi connectivity index (χ0n) is 16.5. The summed E-state index contributed by atoms with van der Waals surface area (Å²) in [5, 5.41) is 10.9. The maximum atomic E-state index is 12.6. The van der Waals surface area contributed by atoms with E-state index >= 15 is 0 Å². The molecule has 1 aromatic carbocycles. The molecule has 0 fully saturated rings. The van der Waals surface area contributed by atoms with Crippen molar-refractivity contribution in [2.75, 3.05) is 26.2 Å². The first kappa shape index (κ1) is 22.7. The Morgan fingerprint density at radius 2 is 2.04 bits per heavy atom. The summed E-state index contributed by atoms with van der Waals surface area (Å²) >= 11 is 1.71. The molecule has 5 nitrogen and oxygen atoms in total. The number of hydrogen-bond donors (Lipinski definition) is 2. The number of rotatable bonds is 6. The van der Waals surface area contributed by atoms with Crippen molar-refractivity contribution in [2.45, 2.75) is 32.7 Å². The number of carbonyl (C=O) groups is 1. The molecule has 1 atom stereocenters. The van der Waals surface area contributed by atoms with Crippen molar-refractivity contribution in [1.29, 1.82) is 0 Å². The molecule has 152 valence electrons. The quantitative estimate of drug-likeness (QED) is 0.353. The normalized spacial score (nSPS) is 14.6. The van der Waals surface area contributed by atoms with Gasteiger partial charge in [0.05, 0.1) is 0 Å². The molecule has 1 aliphatic heterocycles. The van der Waals surface area contributed by atoms with E-state index in [2.05, 4.69) is 57.6 Å². The van der Waals surface area contributed by atoms with Crippen LogP contribution in [0.4, 0.5) is 0 Å².